The highest BCUT2D eigenvalue weighted by molar-refractivity contribution is 8.24. The molecule has 66 valence electrons. The quantitative estimate of drug-likeness (QED) is 0.726. The van der Waals surface area contributed by atoms with E-state index in [1.165, 1.54) is 0 Å². The lowest BCUT2D eigenvalue weighted by molar-refractivity contribution is 0.629. The molecule has 5 heteroatoms. The Balaban J connectivity index is 2.78. The van der Waals surface area contributed by atoms with Gasteiger partial charge in [-0.25, -0.2) is 0 Å². The van der Waals surface area contributed by atoms with Gasteiger partial charge in [-0.2, -0.15) is 0 Å². The molecule has 0 fully saturated rings. The fraction of sp³-hybridized carbons (Fsp3) is 0.143. The van der Waals surface area contributed by atoms with Crippen molar-refractivity contribution in [3.05, 3.63) is 29.3 Å². The molecule has 1 aromatic rings. The van der Waals surface area contributed by atoms with Crippen LogP contribution < -0.4 is 4.52 Å². The summed E-state index contributed by atoms with van der Waals surface area (Å²) in [6, 6.07) is 6.96. The van der Waals surface area contributed by atoms with Crippen molar-refractivity contribution >= 4 is 40.3 Å². The molecule has 12 heavy (non-hydrogen) atoms. The van der Waals surface area contributed by atoms with Crippen LogP contribution in [0.15, 0.2) is 24.3 Å². The number of hydrogen-bond donors (Lipinski definition) is 0. The van der Waals surface area contributed by atoms with Gasteiger partial charge in [0, 0.05) is 11.7 Å². The molecule has 0 N–H and O–H groups in total. The van der Waals surface area contributed by atoms with Gasteiger partial charge in [0.15, 0.2) is 5.62 Å². The maximum atomic E-state index is 5.78. The SMILES string of the molecule is CP(=S)(Cl)Oc1ccc(Cl)cc1. The van der Waals surface area contributed by atoms with Crippen LogP contribution in [0.1, 0.15) is 0 Å². The highest BCUT2D eigenvalue weighted by Crippen LogP contribution is 2.48. The summed E-state index contributed by atoms with van der Waals surface area (Å²) >= 11 is 16.4. The molecule has 0 heterocycles. The summed E-state index contributed by atoms with van der Waals surface area (Å²) in [5.41, 5.74) is -2.14. The van der Waals surface area contributed by atoms with Gasteiger partial charge in [0.05, 0.1) is 0 Å². The van der Waals surface area contributed by atoms with E-state index in [1.54, 1.807) is 30.9 Å². The zero-order chi connectivity index (χ0) is 9.19. The first kappa shape index (κ1) is 10.3. The Kier molecular flexibility index (Phi) is 3.42. The van der Waals surface area contributed by atoms with Gasteiger partial charge in [-0.3, -0.25) is 0 Å². The van der Waals surface area contributed by atoms with E-state index in [4.69, 9.17) is 39.2 Å². The van der Waals surface area contributed by atoms with Crippen molar-refractivity contribution < 1.29 is 4.52 Å². The van der Waals surface area contributed by atoms with E-state index in [0.717, 1.165) is 0 Å². The van der Waals surface area contributed by atoms with Gasteiger partial charge < -0.3 is 4.52 Å². The molecule has 1 rings (SSSR count). The number of benzene rings is 1. The minimum Gasteiger partial charge on any atom is -0.453 e. The molecule has 0 bridgehead atoms. The second kappa shape index (κ2) is 3.97. The zero-order valence-corrected chi connectivity index (χ0v) is 9.55. The molecule has 0 aromatic heterocycles. The van der Waals surface area contributed by atoms with Crippen LogP contribution in [0, 0.1) is 0 Å². The number of rotatable bonds is 2. The van der Waals surface area contributed by atoms with Crippen LogP contribution in [0.4, 0.5) is 0 Å². The lowest BCUT2D eigenvalue weighted by Gasteiger charge is -2.10. The van der Waals surface area contributed by atoms with Gasteiger partial charge in [-0.05, 0) is 47.3 Å². The van der Waals surface area contributed by atoms with Crippen molar-refractivity contribution in [1.29, 1.82) is 0 Å². The molecule has 0 aliphatic heterocycles. The van der Waals surface area contributed by atoms with Crippen LogP contribution in [0.3, 0.4) is 0 Å². The summed E-state index contributed by atoms with van der Waals surface area (Å²) < 4.78 is 5.29. The van der Waals surface area contributed by atoms with Crippen molar-refractivity contribution in [3.8, 4) is 5.75 Å². The fourth-order valence-electron chi connectivity index (χ4n) is 0.684. The minimum atomic E-state index is -2.14. The monoisotopic (exact) mass is 240 g/mol. The Morgan fingerprint density at radius 1 is 1.33 bits per heavy atom. The molecular weight excluding hydrogens is 234 g/mol. The van der Waals surface area contributed by atoms with E-state index < -0.39 is 5.62 Å². The van der Waals surface area contributed by atoms with Crippen molar-refractivity contribution in [2.24, 2.45) is 0 Å². The van der Waals surface area contributed by atoms with Gasteiger partial charge >= 0.3 is 0 Å². The van der Waals surface area contributed by atoms with Crippen LogP contribution in [-0.2, 0) is 11.8 Å². The van der Waals surface area contributed by atoms with Crippen LogP contribution in [0.25, 0.3) is 0 Å². The van der Waals surface area contributed by atoms with Gasteiger partial charge in [-0.1, -0.05) is 11.6 Å². The molecule has 0 saturated carbocycles. The van der Waals surface area contributed by atoms with E-state index in [2.05, 4.69) is 0 Å². The highest BCUT2D eigenvalue weighted by Gasteiger charge is 2.06. The summed E-state index contributed by atoms with van der Waals surface area (Å²) in [6.45, 7) is 1.71. The van der Waals surface area contributed by atoms with Crippen molar-refractivity contribution in [1.82, 2.24) is 0 Å². The van der Waals surface area contributed by atoms with E-state index in [1.807, 2.05) is 0 Å². The summed E-state index contributed by atoms with van der Waals surface area (Å²) in [6.07, 6.45) is 0. The van der Waals surface area contributed by atoms with Crippen molar-refractivity contribution in [2.45, 2.75) is 0 Å². The first-order valence-electron chi connectivity index (χ1n) is 3.20. The molecule has 0 spiro atoms. The molecular formula is C7H7Cl2OPS. The third-order valence-electron chi connectivity index (χ3n) is 1.08. The van der Waals surface area contributed by atoms with Crippen LogP contribution in [-0.4, -0.2) is 6.66 Å². The number of hydrogen-bond acceptors (Lipinski definition) is 2. The smallest absolute Gasteiger partial charge is 0.196 e. The lowest BCUT2D eigenvalue weighted by Crippen LogP contribution is -1.83. The Morgan fingerprint density at radius 2 is 1.83 bits per heavy atom. The molecule has 0 aliphatic rings. The molecule has 1 unspecified atom stereocenters. The van der Waals surface area contributed by atoms with E-state index in [9.17, 15) is 0 Å². The Bertz CT molecular complexity index is 306. The molecule has 0 radical (unpaired) electrons. The topological polar surface area (TPSA) is 9.23 Å². The standard InChI is InChI=1S/C7H7Cl2OPS/c1-11(9,12)10-7-4-2-6(8)3-5-7/h2-5H,1H3. The Morgan fingerprint density at radius 3 is 2.25 bits per heavy atom. The first-order chi connectivity index (χ1) is 5.47. The predicted molar refractivity (Wildman–Crippen MR) is 58.1 cm³/mol. The maximum absolute atomic E-state index is 5.78. The molecule has 0 saturated heterocycles. The average Bonchev–Trinajstić information content (AvgIpc) is 1.91. The molecule has 0 aliphatic carbocycles. The van der Waals surface area contributed by atoms with Gasteiger partial charge in [0.1, 0.15) is 5.75 Å². The van der Waals surface area contributed by atoms with Crippen molar-refractivity contribution in [3.63, 3.8) is 0 Å². The molecule has 1 atom stereocenters. The van der Waals surface area contributed by atoms with Gasteiger partial charge in [0.2, 0.25) is 0 Å². The molecule has 1 aromatic carbocycles. The van der Waals surface area contributed by atoms with E-state index in [-0.39, 0.29) is 0 Å². The third-order valence-corrected chi connectivity index (χ3v) is 2.30. The van der Waals surface area contributed by atoms with Crippen LogP contribution in [0.2, 0.25) is 5.02 Å². The van der Waals surface area contributed by atoms with Crippen LogP contribution in [0.5, 0.6) is 5.75 Å². The Labute approximate surface area is 86.5 Å². The Hall–Kier alpha value is 0.250. The predicted octanol–water partition coefficient (Wildman–Crippen LogP) is 3.90. The average molecular weight is 241 g/mol. The molecule has 1 nitrogen and oxygen atoms in total. The summed E-state index contributed by atoms with van der Waals surface area (Å²) in [5.74, 6) is 0.667. The first-order valence-corrected chi connectivity index (χ1v) is 7.65. The second-order valence-electron chi connectivity index (χ2n) is 2.29. The zero-order valence-electron chi connectivity index (χ0n) is 6.33. The fourth-order valence-corrected chi connectivity index (χ4v) is 1.81. The minimum absolute atomic E-state index is 0.667. The summed E-state index contributed by atoms with van der Waals surface area (Å²) in [5, 5.41) is 0.668. The van der Waals surface area contributed by atoms with E-state index >= 15 is 0 Å². The van der Waals surface area contributed by atoms with Gasteiger partial charge in [-0.15, -0.1) is 0 Å². The summed E-state index contributed by atoms with van der Waals surface area (Å²) in [4.78, 5) is 0. The normalized spacial score (nSPS) is 15.2. The lowest BCUT2D eigenvalue weighted by atomic mass is 10.3. The third kappa shape index (κ3) is 3.77. The highest BCUT2D eigenvalue weighted by atomic mass is 35.7. The summed E-state index contributed by atoms with van der Waals surface area (Å²) in [7, 11) is 0. The van der Waals surface area contributed by atoms with Crippen LogP contribution >= 0.6 is 28.5 Å². The number of halogens is 2. The maximum Gasteiger partial charge on any atom is 0.196 e. The second-order valence-corrected chi connectivity index (χ2v) is 9.03. The van der Waals surface area contributed by atoms with Gasteiger partial charge in [0.25, 0.3) is 0 Å². The van der Waals surface area contributed by atoms with Crippen molar-refractivity contribution in [2.75, 3.05) is 6.66 Å². The largest absolute Gasteiger partial charge is 0.453 e. The van der Waals surface area contributed by atoms with E-state index in [0.29, 0.717) is 10.8 Å². The molecule has 0 amide bonds.